The van der Waals surface area contributed by atoms with Crippen molar-refractivity contribution in [3.8, 4) is 0 Å². The van der Waals surface area contributed by atoms with Gasteiger partial charge in [-0.3, -0.25) is 0 Å². The van der Waals surface area contributed by atoms with E-state index in [2.05, 4.69) is 4.98 Å². The van der Waals surface area contributed by atoms with Crippen LogP contribution in [-0.4, -0.2) is 21.8 Å². The van der Waals surface area contributed by atoms with Gasteiger partial charge >= 0.3 is 5.97 Å². The average Bonchev–Trinajstić information content (AvgIpc) is 2.68. The summed E-state index contributed by atoms with van der Waals surface area (Å²) in [6.45, 7) is 0. The highest BCUT2D eigenvalue weighted by atomic mass is 32.2. The Morgan fingerprint density at radius 3 is 3.07 bits per heavy atom. The third kappa shape index (κ3) is 1.92. The molecular formula is C9H11NO3S. The molecule has 1 unspecified atom stereocenters. The van der Waals surface area contributed by atoms with Crippen molar-refractivity contribution in [2.24, 2.45) is 0 Å². The Bertz CT molecular complexity index is 331. The number of carbonyl (C=O) groups is 1. The van der Waals surface area contributed by atoms with E-state index in [1.807, 2.05) is 0 Å². The van der Waals surface area contributed by atoms with Gasteiger partial charge in [-0.15, -0.1) is 11.8 Å². The van der Waals surface area contributed by atoms with Gasteiger partial charge in [-0.1, -0.05) is 6.42 Å². The van der Waals surface area contributed by atoms with Crippen LogP contribution in [0.25, 0.3) is 0 Å². The van der Waals surface area contributed by atoms with Gasteiger partial charge in [-0.05, 0) is 18.6 Å². The van der Waals surface area contributed by atoms with Gasteiger partial charge < -0.3 is 9.52 Å². The Morgan fingerprint density at radius 1 is 1.64 bits per heavy atom. The Morgan fingerprint density at radius 2 is 2.50 bits per heavy atom. The minimum Gasteiger partial charge on any atom is -0.476 e. The number of hydrogen-bond donors (Lipinski definition) is 1. The van der Waals surface area contributed by atoms with Crippen LogP contribution in [0.15, 0.2) is 10.7 Å². The van der Waals surface area contributed by atoms with Crippen LogP contribution in [0.4, 0.5) is 0 Å². The number of aromatic carboxylic acids is 1. The highest BCUT2D eigenvalue weighted by molar-refractivity contribution is 7.99. The van der Waals surface area contributed by atoms with Crippen molar-refractivity contribution in [2.45, 2.75) is 24.5 Å². The van der Waals surface area contributed by atoms with Crippen LogP contribution in [0.1, 0.15) is 40.9 Å². The van der Waals surface area contributed by atoms with Crippen molar-refractivity contribution in [3.63, 3.8) is 0 Å². The fourth-order valence-corrected chi connectivity index (χ4v) is 2.71. The lowest BCUT2D eigenvalue weighted by atomic mass is 10.2. The van der Waals surface area contributed by atoms with E-state index in [1.165, 1.54) is 19.1 Å². The maximum atomic E-state index is 10.6. The summed E-state index contributed by atoms with van der Waals surface area (Å²) in [6.07, 6.45) is 4.65. The zero-order chi connectivity index (χ0) is 9.97. The maximum Gasteiger partial charge on any atom is 0.357 e. The van der Waals surface area contributed by atoms with Crippen molar-refractivity contribution in [1.29, 1.82) is 0 Å². The van der Waals surface area contributed by atoms with Crippen LogP contribution in [0.3, 0.4) is 0 Å². The first-order valence-electron chi connectivity index (χ1n) is 4.57. The first-order valence-corrected chi connectivity index (χ1v) is 5.62. The largest absolute Gasteiger partial charge is 0.476 e. The number of carboxylic acids is 1. The summed E-state index contributed by atoms with van der Waals surface area (Å²) in [5, 5.41) is 8.91. The summed E-state index contributed by atoms with van der Waals surface area (Å²) in [7, 11) is 0. The van der Waals surface area contributed by atoms with Gasteiger partial charge in [-0.2, -0.15) is 0 Å². The minimum atomic E-state index is -1.03. The fourth-order valence-electron chi connectivity index (χ4n) is 1.47. The molecule has 0 saturated carbocycles. The summed E-state index contributed by atoms with van der Waals surface area (Å²) < 4.78 is 5.15. The van der Waals surface area contributed by atoms with Gasteiger partial charge in [0.25, 0.3) is 0 Å². The lowest BCUT2D eigenvalue weighted by Crippen LogP contribution is -2.03. The van der Waals surface area contributed by atoms with Crippen molar-refractivity contribution < 1.29 is 14.3 Å². The molecule has 2 heterocycles. The number of carboxylic acid groups (broad SMARTS) is 1. The highest BCUT2D eigenvalue weighted by Gasteiger charge is 2.22. The number of thioether (sulfide) groups is 1. The van der Waals surface area contributed by atoms with E-state index < -0.39 is 5.97 Å². The molecule has 1 saturated heterocycles. The van der Waals surface area contributed by atoms with Crippen molar-refractivity contribution in [3.05, 3.63) is 17.8 Å². The Balaban J connectivity index is 2.11. The van der Waals surface area contributed by atoms with Gasteiger partial charge in [-0.25, -0.2) is 9.78 Å². The van der Waals surface area contributed by atoms with E-state index in [9.17, 15) is 4.79 Å². The normalized spacial score (nSPS) is 22.1. The second kappa shape index (κ2) is 4.04. The second-order valence-corrected chi connectivity index (χ2v) is 4.54. The molecule has 0 radical (unpaired) electrons. The lowest BCUT2D eigenvalue weighted by molar-refractivity contribution is 0.0690. The van der Waals surface area contributed by atoms with E-state index in [0.29, 0.717) is 5.89 Å². The standard InChI is InChI=1S/C9H11NO3S/c11-9(12)6-5-13-8(10-6)7-3-1-2-4-14-7/h5,7H,1-4H2,(H,11,12). The molecule has 1 atom stereocenters. The quantitative estimate of drug-likeness (QED) is 0.816. The molecule has 1 aromatic rings. The molecule has 0 bridgehead atoms. The van der Waals surface area contributed by atoms with Gasteiger partial charge in [0.1, 0.15) is 6.26 Å². The lowest BCUT2D eigenvalue weighted by Gasteiger charge is -2.17. The van der Waals surface area contributed by atoms with E-state index in [1.54, 1.807) is 11.8 Å². The molecule has 1 fully saturated rings. The molecule has 1 N–H and O–H groups in total. The Kier molecular flexibility index (Phi) is 2.77. The van der Waals surface area contributed by atoms with Gasteiger partial charge in [0.2, 0.25) is 5.89 Å². The second-order valence-electron chi connectivity index (χ2n) is 3.23. The maximum absolute atomic E-state index is 10.6. The van der Waals surface area contributed by atoms with Crippen LogP contribution in [-0.2, 0) is 0 Å². The van der Waals surface area contributed by atoms with Crippen molar-refractivity contribution in [2.75, 3.05) is 5.75 Å². The molecule has 0 spiro atoms. The molecule has 0 aliphatic carbocycles. The molecule has 0 aromatic carbocycles. The summed E-state index contributed by atoms with van der Waals surface area (Å²) in [6, 6.07) is 0. The van der Waals surface area contributed by atoms with Gasteiger partial charge in [0, 0.05) is 0 Å². The first kappa shape index (κ1) is 9.58. The zero-order valence-corrected chi connectivity index (χ0v) is 8.42. The minimum absolute atomic E-state index is 0.00572. The molecular weight excluding hydrogens is 202 g/mol. The van der Waals surface area contributed by atoms with Crippen LogP contribution < -0.4 is 0 Å². The first-order chi connectivity index (χ1) is 6.77. The van der Waals surface area contributed by atoms with E-state index >= 15 is 0 Å². The molecule has 0 amide bonds. The molecule has 1 aliphatic heterocycles. The van der Waals surface area contributed by atoms with Crippen molar-refractivity contribution in [1.82, 2.24) is 4.98 Å². The molecule has 1 aliphatic rings. The monoisotopic (exact) mass is 213 g/mol. The molecule has 14 heavy (non-hydrogen) atoms. The fraction of sp³-hybridized carbons (Fsp3) is 0.556. The SMILES string of the molecule is O=C(O)c1coc(C2CCCCS2)n1. The van der Waals surface area contributed by atoms with Gasteiger partial charge in [0.15, 0.2) is 5.69 Å². The third-order valence-corrected chi connectivity index (χ3v) is 3.56. The summed E-state index contributed by atoms with van der Waals surface area (Å²) in [5.41, 5.74) is 0.00572. The van der Waals surface area contributed by atoms with Crippen LogP contribution in [0, 0.1) is 0 Å². The topological polar surface area (TPSA) is 63.3 Å². The Labute approximate surface area is 85.7 Å². The molecule has 76 valence electrons. The Hall–Kier alpha value is -0.970. The van der Waals surface area contributed by atoms with Gasteiger partial charge in [0.05, 0.1) is 5.25 Å². The van der Waals surface area contributed by atoms with E-state index in [0.717, 1.165) is 12.2 Å². The summed E-state index contributed by atoms with van der Waals surface area (Å²) in [5.74, 6) is 0.642. The van der Waals surface area contributed by atoms with Crippen LogP contribution >= 0.6 is 11.8 Å². The zero-order valence-electron chi connectivity index (χ0n) is 7.60. The highest BCUT2D eigenvalue weighted by Crippen LogP contribution is 2.37. The molecule has 5 heteroatoms. The smallest absolute Gasteiger partial charge is 0.357 e. The molecule has 1 aromatic heterocycles. The number of rotatable bonds is 2. The van der Waals surface area contributed by atoms with Crippen LogP contribution in [0.2, 0.25) is 0 Å². The van der Waals surface area contributed by atoms with E-state index in [4.69, 9.17) is 9.52 Å². The number of hydrogen-bond acceptors (Lipinski definition) is 4. The number of nitrogens with zero attached hydrogens (tertiary/aromatic N) is 1. The van der Waals surface area contributed by atoms with E-state index in [-0.39, 0.29) is 10.9 Å². The summed E-state index contributed by atoms with van der Waals surface area (Å²) >= 11 is 1.79. The predicted octanol–water partition coefficient (Wildman–Crippen LogP) is 2.33. The summed E-state index contributed by atoms with van der Waals surface area (Å²) in [4.78, 5) is 14.5. The average molecular weight is 213 g/mol. The molecule has 4 nitrogen and oxygen atoms in total. The predicted molar refractivity (Wildman–Crippen MR) is 52.5 cm³/mol. The van der Waals surface area contributed by atoms with Crippen molar-refractivity contribution >= 4 is 17.7 Å². The third-order valence-electron chi connectivity index (χ3n) is 2.20. The number of oxazole rings is 1. The molecule has 2 rings (SSSR count). The van der Waals surface area contributed by atoms with Crippen LogP contribution in [0.5, 0.6) is 0 Å². The number of aromatic nitrogens is 1.